The second-order valence-electron chi connectivity index (χ2n) is 5.81. The molecular weight excluding hydrogens is 276 g/mol. The minimum atomic E-state index is -0.113. The van der Waals surface area contributed by atoms with Crippen molar-refractivity contribution in [3.63, 3.8) is 0 Å². The molecule has 0 unspecified atom stereocenters. The van der Waals surface area contributed by atoms with Gasteiger partial charge in [-0.1, -0.05) is 30.3 Å². The molecule has 4 heteroatoms. The zero-order chi connectivity index (χ0) is 15.5. The van der Waals surface area contributed by atoms with Crippen LogP contribution in [-0.4, -0.2) is 48.3 Å². The Kier molecular flexibility index (Phi) is 4.09. The van der Waals surface area contributed by atoms with Crippen molar-refractivity contribution in [2.45, 2.75) is 12.8 Å². The maximum atomic E-state index is 12.5. The van der Waals surface area contributed by atoms with E-state index >= 15 is 0 Å². The Bertz CT molecular complexity index is 705. The summed E-state index contributed by atoms with van der Waals surface area (Å²) in [4.78, 5) is 28.0. The summed E-state index contributed by atoms with van der Waals surface area (Å²) >= 11 is 0. The maximum absolute atomic E-state index is 12.5. The van der Waals surface area contributed by atoms with E-state index in [4.69, 9.17) is 0 Å². The van der Waals surface area contributed by atoms with E-state index in [1.165, 1.54) is 4.90 Å². The molecule has 22 heavy (non-hydrogen) atoms. The minimum absolute atomic E-state index is 0.0362. The predicted molar refractivity (Wildman–Crippen MR) is 86.7 cm³/mol. The largest absolute Gasteiger partial charge is 0.341 e. The normalized spacial score (nSPS) is 14.3. The number of amides is 2. The van der Waals surface area contributed by atoms with Crippen LogP contribution in [0.2, 0.25) is 0 Å². The fourth-order valence-corrected chi connectivity index (χ4v) is 2.88. The van der Waals surface area contributed by atoms with E-state index in [1.54, 1.807) is 7.05 Å². The maximum Gasteiger partial charge on any atom is 0.254 e. The topological polar surface area (TPSA) is 40.6 Å². The van der Waals surface area contributed by atoms with E-state index in [1.807, 2.05) is 47.4 Å². The quantitative estimate of drug-likeness (QED) is 0.873. The van der Waals surface area contributed by atoms with Gasteiger partial charge >= 0.3 is 0 Å². The SMILES string of the molecule is CN(CC(=O)N1CCCC1)C(=O)c1ccc2ccccc2c1. The van der Waals surface area contributed by atoms with E-state index in [0.717, 1.165) is 36.7 Å². The van der Waals surface area contributed by atoms with Gasteiger partial charge in [0, 0.05) is 25.7 Å². The molecule has 0 bridgehead atoms. The lowest BCUT2D eigenvalue weighted by molar-refractivity contribution is -0.130. The first-order chi connectivity index (χ1) is 10.6. The van der Waals surface area contributed by atoms with Gasteiger partial charge in [0.15, 0.2) is 0 Å². The standard InChI is InChI=1S/C18H20N2O2/c1-19(13-17(21)20-10-4-5-11-20)18(22)16-9-8-14-6-2-3-7-15(14)12-16/h2-3,6-9,12H,4-5,10-11,13H2,1H3. The van der Waals surface area contributed by atoms with Crippen LogP contribution < -0.4 is 0 Å². The number of rotatable bonds is 3. The number of carbonyl (C=O) groups is 2. The fraction of sp³-hybridized carbons (Fsp3) is 0.333. The van der Waals surface area contributed by atoms with Crippen LogP contribution >= 0.6 is 0 Å². The van der Waals surface area contributed by atoms with Gasteiger partial charge in [-0.05, 0) is 35.7 Å². The average Bonchev–Trinajstić information content (AvgIpc) is 3.08. The molecule has 2 aromatic rings. The summed E-state index contributed by atoms with van der Waals surface area (Å²) in [5.41, 5.74) is 0.621. The molecule has 0 saturated carbocycles. The summed E-state index contributed by atoms with van der Waals surface area (Å²) in [5, 5.41) is 2.14. The van der Waals surface area contributed by atoms with Gasteiger partial charge in [0.2, 0.25) is 5.91 Å². The smallest absolute Gasteiger partial charge is 0.254 e. The third-order valence-corrected chi connectivity index (χ3v) is 4.17. The van der Waals surface area contributed by atoms with Crippen LogP contribution in [-0.2, 0) is 4.79 Å². The van der Waals surface area contributed by atoms with Crippen molar-refractivity contribution in [2.24, 2.45) is 0 Å². The van der Waals surface area contributed by atoms with Crippen LogP contribution in [0.5, 0.6) is 0 Å². The number of benzene rings is 2. The molecule has 1 saturated heterocycles. The Morgan fingerprint density at radius 1 is 1.05 bits per heavy atom. The van der Waals surface area contributed by atoms with Crippen LogP contribution in [0.25, 0.3) is 10.8 Å². The number of likely N-dealkylation sites (tertiary alicyclic amines) is 1. The second kappa shape index (κ2) is 6.18. The lowest BCUT2D eigenvalue weighted by Crippen LogP contribution is -2.39. The summed E-state index contributed by atoms with van der Waals surface area (Å²) in [6.45, 7) is 1.78. The summed E-state index contributed by atoms with van der Waals surface area (Å²) in [5.74, 6) is -0.0764. The molecule has 1 aliphatic heterocycles. The zero-order valence-electron chi connectivity index (χ0n) is 12.8. The highest BCUT2D eigenvalue weighted by atomic mass is 16.2. The molecule has 1 aliphatic rings. The van der Waals surface area contributed by atoms with E-state index in [2.05, 4.69) is 0 Å². The van der Waals surface area contributed by atoms with Gasteiger partial charge in [-0.3, -0.25) is 9.59 Å². The van der Waals surface area contributed by atoms with Gasteiger partial charge in [0.1, 0.15) is 0 Å². The van der Waals surface area contributed by atoms with Gasteiger partial charge in [-0.25, -0.2) is 0 Å². The van der Waals surface area contributed by atoms with Crippen LogP contribution in [0.4, 0.5) is 0 Å². The van der Waals surface area contributed by atoms with Crippen molar-refractivity contribution in [2.75, 3.05) is 26.7 Å². The first-order valence-electron chi connectivity index (χ1n) is 7.67. The van der Waals surface area contributed by atoms with Gasteiger partial charge < -0.3 is 9.80 Å². The van der Waals surface area contributed by atoms with Gasteiger partial charge in [0.05, 0.1) is 6.54 Å². The Labute approximate surface area is 130 Å². The van der Waals surface area contributed by atoms with Crippen LogP contribution in [0.15, 0.2) is 42.5 Å². The molecule has 2 aromatic carbocycles. The first-order valence-corrected chi connectivity index (χ1v) is 7.67. The van der Waals surface area contributed by atoms with E-state index in [-0.39, 0.29) is 18.4 Å². The molecule has 114 valence electrons. The molecule has 0 N–H and O–H groups in total. The van der Waals surface area contributed by atoms with Gasteiger partial charge in [-0.2, -0.15) is 0 Å². The molecular formula is C18H20N2O2. The van der Waals surface area contributed by atoms with Gasteiger partial charge in [-0.15, -0.1) is 0 Å². The lowest BCUT2D eigenvalue weighted by atomic mass is 10.1. The number of fused-ring (bicyclic) bond motifs is 1. The summed E-state index contributed by atoms with van der Waals surface area (Å²) in [7, 11) is 1.69. The molecule has 1 heterocycles. The minimum Gasteiger partial charge on any atom is -0.341 e. The molecule has 0 spiro atoms. The van der Waals surface area contributed by atoms with E-state index in [0.29, 0.717) is 5.56 Å². The third-order valence-electron chi connectivity index (χ3n) is 4.17. The third kappa shape index (κ3) is 2.96. The van der Waals surface area contributed by atoms with Crippen molar-refractivity contribution >= 4 is 22.6 Å². The van der Waals surface area contributed by atoms with E-state index in [9.17, 15) is 9.59 Å². The van der Waals surface area contributed by atoms with Gasteiger partial charge in [0.25, 0.3) is 5.91 Å². The monoisotopic (exact) mass is 296 g/mol. The van der Waals surface area contributed by atoms with Crippen LogP contribution in [0, 0.1) is 0 Å². The van der Waals surface area contributed by atoms with Crippen molar-refractivity contribution < 1.29 is 9.59 Å². The molecule has 0 aliphatic carbocycles. The molecule has 0 radical (unpaired) electrons. The highest BCUT2D eigenvalue weighted by molar-refractivity contribution is 5.99. The summed E-state index contributed by atoms with van der Waals surface area (Å²) in [6, 6.07) is 13.6. The molecule has 4 nitrogen and oxygen atoms in total. The Balaban J connectivity index is 1.72. The number of likely N-dealkylation sites (N-methyl/N-ethyl adjacent to an activating group) is 1. The second-order valence-corrected chi connectivity index (χ2v) is 5.81. The van der Waals surface area contributed by atoms with Crippen molar-refractivity contribution in [3.05, 3.63) is 48.0 Å². The van der Waals surface area contributed by atoms with Crippen molar-refractivity contribution in [1.29, 1.82) is 0 Å². The molecule has 3 rings (SSSR count). The highest BCUT2D eigenvalue weighted by Crippen LogP contribution is 2.17. The number of nitrogens with zero attached hydrogens (tertiary/aromatic N) is 2. The lowest BCUT2D eigenvalue weighted by Gasteiger charge is -2.21. The zero-order valence-corrected chi connectivity index (χ0v) is 12.8. The molecule has 2 amide bonds. The summed E-state index contributed by atoms with van der Waals surface area (Å²) in [6.07, 6.45) is 2.13. The molecule has 0 aromatic heterocycles. The van der Waals surface area contributed by atoms with Crippen molar-refractivity contribution in [1.82, 2.24) is 9.80 Å². The molecule has 1 fully saturated rings. The predicted octanol–water partition coefficient (Wildman–Crippen LogP) is 2.53. The van der Waals surface area contributed by atoms with Crippen LogP contribution in [0.1, 0.15) is 23.2 Å². The van der Waals surface area contributed by atoms with Crippen LogP contribution in [0.3, 0.4) is 0 Å². The van der Waals surface area contributed by atoms with E-state index < -0.39 is 0 Å². The highest BCUT2D eigenvalue weighted by Gasteiger charge is 2.21. The number of hydrogen-bond acceptors (Lipinski definition) is 2. The average molecular weight is 296 g/mol. The fourth-order valence-electron chi connectivity index (χ4n) is 2.88. The molecule has 0 atom stereocenters. The summed E-state index contributed by atoms with van der Waals surface area (Å²) < 4.78 is 0. The first kappa shape index (κ1) is 14.6. The Morgan fingerprint density at radius 2 is 1.73 bits per heavy atom. The number of hydrogen-bond donors (Lipinski definition) is 0. The number of carbonyl (C=O) groups excluding carboxylic acids is 2. The Hall–Kier alpha value is -2.36. The van der Waals surface area contributed by atoms with Crippen molar-refractivity contribution in [3.8, 4) is 0 Å². The Morgan fingerprint density at radius 3 is 2.45 bits per heavy atom.